The van der Waals surface area contributed by atoms with Crippen molar-refractivity contribution in [2.24, 2.45) is 5.92 Å². The van der Waals surface area contributed by atoms with Crippen LogP contribution in [0.1, 0.15) is 44.1 Å². The van der Waals surface area contributed by atoms with Gasteiger partial charge in [0, 0.05) is 42.8 Å². The maximum absolute atomic E-state index is 12.7. The van der Waals surface area contributed by atoms with E-state index in [1.54, 1.807) is 6.20 Å². The van der Waals surface area contributed by atoms with E-state index in [0.29, 0.717) is 18.3 Å². The van der Waals surface area contributed by atoms with Crippen LogP contribution in [-0.4, -0.2) is 44.5 Å². The molecule has 2 fully saturated rings. The molecule has 1 aliphatic carbocycles. The molecule has 1 saturated carbocycles. The molecule has 7 nitrogen and oxygen atoms in total. The predicted octanol–water partition coefficient (Wildman–Crippen LogP) is 4.08. The Morgan fingerprint density at radius 1 is 1.12 bits per heavy atom. The zero-order chi connectivity index (χ0) is 21.9. The number of hydrogen-bond acceptors (Lipinski definition) is 5. The molecule has 5 rings (SSSR count). The van der Waals surface area contributed by atoms with Crippen LogP contribution in [0.4, 0.5) is 5.95 Å². The first kappa shape index (κ1) is 20.5. The van der Waals surface area contributed by atoms with Gasteiger partial charge in [-0.25, -0.2) is 4.98 Å². The molecule has 1 aliphatic heterocycles. The molecule has 164 valence electrons. The monoisotopic (exact) mass is 428 g/mol. The molecule has 7 heteroatoms. The number of amides is 1. The number of nitrogens with zero attached hydrogens (tertiary/aromatic N) is 5. The van der Waals surface area contributed by atoms with Crippen LogP contribution in [0.3, 0.4) is 0 Å². The number of anilines is 1. The van der Waals surface area contributed by atoms with Crippen LogP contribution in [0.5, 0.6) is 0 Å². The Morgan fingerprint density at radius 3 is 2.72 bits per heavy atom. The summed E-state index contributed by atoms with van der Waals surface area (Å²) in [5, 5.41) is 13.7. The van der Waals surface area contributed by atoms with E-state index in [1.165, 1.54) is 0 Å². The van der Waals surface area contributed by atoms with Gasteiger partial charge >= 0.3 is 0 Å². The van der Waals surface area contributed by atoms with Gasteiger partial charge in [0.25, 0.3) is 0 Å². The number of benzene rings is 1. The van der Waals surface area contributed by atoms with Crippen molar-refractivity contribution in [3.63, 3.8) is 0 Å². The minimum absolute atomic E-state index is 0.173. The van der Waals surface area contributed by atoms with Crippen molar-refractivity contribution < 1.29 is 4.79 Å². The molecular weight excluding hydrogens is 400 g/mol. The lowest BCUT2D eigenvalue weighted by Gasteiger charge is -2.30. The highest BCUT2D eigenvalue weighted by Gasteiger charge is 2.30. The molecule has 2 aliphatic rings. The largest absolute Gasteiger partial charge is 0.351 e. The summed E-state index contributed by atoms with van der Waals surface area (Å²) in [5.41, 5.74) is 2.06. The Bertz CT molecular complexity index is 1150. The Morgan fingerprint density at radius 2 is 1.94 bits per heavy atom. The van der Waals surface area contributed by atoms with Crippen LogP contribution >= 0.6 is 0 Å². The Labute approximate surface area is 188 Å². The number of carbonyl (C=O) groups is 1. The summed E-state index contributed by atoms with van der Waals surface area (Å²) in [6.07, 6.45) is 10.2. The summed E-state index contributed by atoms with van der Waals surface area (Å²) in [6, 6.07) is 12.5. The second-order valence-electron chi connectivity index (χ2n) is 8.83. The Kier molecular flexibility index (Phi) is 5.76. The molecule has 0 bridgehead atoms. The second-order valence-corrected chi connectivity index (χ2v) is 8.83. The van der Waals surface area contributed by atoms with Gasteiger partial charge in [0.05, 0.1) is 18.0 Å². The fraction of sp³-hybridized carbons (Fsp3) is 0.440. The quantitative estimate of drug-likeness (QED) is 0.662. The maximum Gasteiger partial charge on any atom is 0.225 e. The van der Waals surface area contributed by atoms with Crippen molar-refractivity contribution in [3.05, 3.63) is 48.3 Å². The van der Waals surface area contributed by atoms with Crippen LogP contribution in [0.15, 0.2) is 42.7 Å². The van der Waals surface area contributed by atoms with Gasteiger partial charge in [0.2, 0.25) is 11.9 Å². The van der Waals surface area contributed by atoms with E-state index in [-0.39, 0.29) is 12.0 Å². The summed E-state index contributed by atoms with van der Waals surface area (Å²) in [4.78, 5) is 23.9. The summed E-state index contributed by atoms with van der Waals surface area (Å²) in [5.74, 6) is 1.94. The highest BCUT2D eigenvalue weighted by molar-refractivity contribution is 5.85. The normalized spacial score (nSPS) is 20.9. The number of aromatic nitrogens is 3. The number of hydrogen-bond donors (Lipinski definition) is 1. The molecule has 0 radical (unpaired) electrons. The van der Waals surface area contributed by atoms with Gasteiger partial charge < -0.3 is 14.8 Å². The summed E-state index contributed by atoms with van der Waals surface area (Å²) in [6.45, 7) is 1.87. The van der Waals surface area contributed by atoms with E-state index in [9.17, 15) is 4.79 Å². The van der Waals surface area contributed by atoms with Crippen LogP contribution in [0.25, 0.3) is 16.7 Å². The van der Waals surface area contributed by atoms with Gasteiger partial charge in [0.1, 0.15) is 5.82 Å². The third-order valence-electron chi connectivity index (χ3n) is 6.81. The lowest BCUT2D eigenvalue weighted by molar-refractivity contribution is -0.135. The molecule has 1 saturated heterocycles. The molecule has 2 aromatic heterocycles. The molecule has 32 heavy (non-hydrogen) atoms. The van der Waals surface area contributed by atoms with Crippen LogP contribution in [-0.2, 0) is 11.2 Å². The summed E-state index contributed by atoms with van der Waals surface area (Å²) in [7, 11) is 0. The standard InChI is InChI=1S/C25H28N6O/c26-13-10-18-4-3-5-22-21(18)12-17-31(22)23-11-14-27-25(29-23)28-20-8-6-19(7-9-20)24(32)30-15-1-2-16-30/h3-5,11-12,14,17,19-20H,1-2,6-10,15-16H2,(H,27,28,29). The SMILES string of the molecule is N#CCc1cccc2c1ccn2-c1ccnc(NC2CCC(C(=O)N3CCCC3)CC2)n1. The summed E-state index contributed by atoms with van der Waals surface area (Å²) >= 11 is 0. The van der Waals surface area contributed by atoms with E-state index >= 15 is 0 Å². The third-order valence-corrected chi connectivity index (χ3v) is 6.81. The zero-order valence-corrected chi connectivity index (χ0v) is 18.2. The van der Waals surface area contributed by atoms with Gasteiger partial charge in [0.15, 0.2) is 0 Å². The predicted molar refractivity (Wildman–Crippen MR) is 123 cm³/mol. The Hall–Kier alpha value is -3.40. The molecule has 0 atom stereocenters. The van der Waals surface area contributed by atoms with E-state index in [0.717, 1.165) is 73.9 Å². The number of nitriles is 1. The van der Waals surface area contributed by atoms with Crippen molar-refractivity contribution in [2.45, 2.75) is 51.0 Å². The Balaban J connectivity index is 1.27. The molecule has 3 heterocycles. The first-order valence-electron chi connectivity index (χ1n) is 11.6. The van der Waals surface area contributed by atoms with Crippen molar-refractivity contribution in [1.29, 1.82) is 5.26 Å². The molecule has 0 unspecified atom stereocenters. The molecule has 3 aromatic rings. The number of nitrogens with one attached hydrogen (secondary N) is 1. The van der Waals surface area contributed by atoms with Crippen LogP contribution in [0.2, 0.25) is 0 Å². The molecule has 1 aromatic carbocycles. The first-order valence-corrected chi connectivity index (χ1v) is 11.6. The van der Waals surface area contributed by atoms with E-state index in [4.69, 9.17) is 10.2 Å². The van der Waals surface area contributed by atoms with Gasteiger partial charge in [-0.3, -0.25) is 4.79 Å². The minimum Gasteiger partial charge on any atom is -0.351 e. The number of likely N-dealkylation sites (tertiary alicyclic amines) is 1. The minimum atomic E-state index is 0.173. The molecule has 0 spiro atoms. The third kappa shape index (κ3) is 4.05. The maximum atomic E-state index is 12.7. The van der Waals surface area contributed by atoms with Crippen molar-refractivity contribution in [1.82, 2.24) is 19.4 Å². The van der Waals surface area contributed by atoms with Gasteiger partial charge in [-0.2, -0.15) is 10.2 Å². The van der Waals surface area contributed by atoms with Crippen LogP contribution in [0, 0.1) is 17.2 Å². The number of fused-ring (bicyclic) bond motifs is 1. The van der Waals surface area contributed by atoms with Crippen molar-refractivity contribution in [2.75, 3.05) is 18.4 Å². The number of rotatable bonds is 5. The lowest BCUT2D eigenvalue weighted by atomic mass is 9.85. The van der Waals surface area contributed by atoms with Gasteiger partial charge in [-0.15, -0.1) is 0 Å². The van der Waals surface area contributed by atoms with Gasteiger partial charge in [-0.1, -0.05) is 12.1 Å². The molecular formula is C25H28N6O. The van der Waals surface area contributed by atoms with Crippen molar-refractivity contribution in [3.8, 4) is 11.9 Å². The average molecular weight is 429 g/mol. The number of carbonyl (C=O) groups excluding carboxylic acids is 1. The lowest BCUT2D eigenvalue weighted by Crippen LogP contribution is -2.37. The highest BCUT2D eigenvalue weighted by Crippen LogP contribution is 2.29. The highest BCUT2D eigenvalue weighted by atomic mass is 16.2. The summed E-state index contributed by atoms with van der Waals surface area (Å²) < 4.78 is 2.04. The van der Waals surface area contributed by atoms with E-state index < -0.39 is 0 Å². The zero-order valence-electron chi connectivity index (χ0n) is 18.2. The smallest absolute Gasteiger partial charge is 0.225 e. The molecule has 1 N–H and O–H groups in total. The van der Waals surface area contributed by atoms with Crippen molar-refractivity contribution >= 4 is 22.8 Å². The fourth-order valence-electron chi connectivity index (χ4n) is 5.09. The average Bonchev–Trinajstić information content (AvgIpc) is 3.51. The molecule has 1 amide bonds. The topological polar surface area (TPSA) is 86.8 Å². The second kappa shape index (κ2) is 8.99. The van der Waals surface area contributed by atoms with E-state index in [2.05, 4.69) is 21.3 Å². The van der Waals surface area contributed by atoms with Gasteiger partial charge in [-0.05, 0) is 62.3 Å². The first-order chi connectivity index (χ1) is 15.7. The van der Waals surface area contributed by atoms with E-state index in [1.807, 2.05) is 41.1 Å². The van der Waals surface area contributed by atoms with Crippen LogP contribution < -0.4 is 5.32 Å². The fourth-order valence-corrected chi connectivity index (χ4v) is 5.09.